The molecule has 0 saturated carbocycles. The topological polar surface area (TPSA) is 35.8 Å². The first-order chi connectivity index (χ1) is 14.7. The van der Waals surface area contributed by atoms with E-state index in [1.54, 1.807) is 19.2 Å². The molecule has 0 amide bonds. The summed E-state index contributed by atoms with van der Waals surface area (Å²) in [6.45, 7) is 2.38. The van der Waals surface area contributed by atoms with Crippen molar-refractivity contribution in [2.75, 3.05) is 34.2 Å². The second-order valence-electron chi connectivity index (χ2n) is 8.34. The number of benzene rings is 1. The third-order valence-electron chi connectivity index (χ3n) is 6.13. The number of rotatable bonds is 5. The standard InChI is InChI=1S/C23H32F3N5.HI/c1-27-22(31(4)16-20-8-6-13-29(20)2)28-15-18-7-5-14-30(3)21(18)17-9-11-19(12-10-17)23(24,25)26;/h6,8-13,18,21H,5,7,14-16H2,1-4H3,(H,27,28);1H. The number of alkyl halides is 3. The second-order valence-corrected chi connectivity index (χ2v) is 8.34. The number of hydrogen-bond donors (Lipinski definition) is 1. The lowest BCUT2D eigenvalue weighted by atomic mass is 9.84. The first-order valence-corrected chi connectivity index (χ1v) is 10.6. The van der Waals surface area contributed by atoms with Crippen LogP contribution in [0.15, 0.2) is 47.6 Å². The van der Waals surface area contributed by atoms with Crippen LogP contribution in [0.4, 0.5) is 13.2 Å². The Labute approximate surface area is 205 Å². The van der Waals surface area contributed by atoms with Gasteiger partial charge in [-0.05, 0) is 62.2 Å². The smallest absolute Gasteiger partial charge is 0.356 e. The van der Waals surface area contributed by atoms with Gasteiger partial charge in [0.05, 0.1) is 12.1 Å². The van der Waals surface area contributed by atoms with Gasteiger partial charge >= 0.3 is 6.18 Å². The van der Waals surface area contributed by atoms with Gasteiger partial charge in [0.15, 0.2) is 5.96 Å². The van der Waals surface area contributed by atoms with E-state index >= 15 is 0 Å². The normalized spacial score (nSPS) is 20.0. The molecule has 5 nitrogen and oxygen atoms in total. The minimum absolute atomic E-state index is 0. The van der Waals surface area contributed by atoms with E-state index in [0.717, 1.165) is 37.5 Å². The molecule has 1 saturated heterocycles. The zero-order chi connectivity index (χ0) is 22.6. The van der Waals surface area contributed by atoms with Crippen LogP contribution in [0.5, 0.6) is 0 Å². The fourth-order valence-corrected chi connectivity index (χ4v) is 4.46. The van der Waals surface area contributed by atoms with Crippen molar-refractivity contribution in [1.82, 2.24) is 19.7 Å². The number of halogens is 4. The molecule has 32 heavy (non-hydrogen) atoms. The zero-order valence-electron chi connectivity index (χ0n) is 19.1. The molecule has 178 valence electrons. The van der Waals surface area contributed by atoms with Crippen LogP contribution in [0.1, 0.15) is 35.7 Å². The molecule has 2 aromatic rings. The van der Waals surface area contributed by atoms with Gasteiger partial charge in [0.2, 0.25) is 0 Å². The van der Waals surface area contributed by atoms with E-state index in [-0.39, 0.29) is 35.9 Å². The first-order valence-electron chi connectivity index (χ1n) is 10.6. The van der Waals surface area contributed by atoms with Crippen LogP contribution in [0.3, 0.4) is 0 Å². The highest BCUT2D eigenvalue weighted by atomic mass is 127. The van der Waals surface area contributed by atoms with Gasteiger partial charge in [0.1, 0.15) is 0 Å². The van der Waals surface area contributed by atoms with Crippen LogP contribution in [0.25, 0.3) is 0 Å². The van der Waals surface area contributed by atoms with Gasteiger partial charge in [-0.3, -0.25) is 9.89 Å². The Hall–Kier alpha value is -1.75. The van der Waals surface area contributed by atoms with E-state index < -0.39 is 11.7 Å². The first kappa shape index (κ1) is 26.5. The molecule has 1 aromatic carbocycles. The summed E-state index contributed by atoms with van der Waals surface area (Å²) in [5.74, 6) is 1.08. The molecule has 1 aliphatic heterocycles. The van der Waals surface area contributed by atoms with Crippen molar-refractivity contribution in [1.29, 1.82) is 0 Å². The lowest BCUT2D eigenvalue weighted by Gasteiger charge is -2.40. The number of nitrogens with one attached hydrogen (secondary N) is 1. The van der Waals surface area contributed by atoms with Crippen LogP contribution in [0.2, 0.25) is 0 Å². The Balaban J connectivity index is 0.00000363. The highest BCUT2D eigenvalue weighted by Crippen LogP contribution is 2.36. The summed E-state index contributed by atoms with van der Waals surface area (Å²) < 4.78 is 41.0. The van der Waals surface area contributed by atoms with E-state index in [9.17, 15) is 13.2 Å². The average molecular weight is 563 g/mol. The maximum absolute atomic E-state index is 13.0. The molecule has 0 spiro atoms. The quantitative estimate of drug-likeness (QED) is 0.324. The van der Waals surface area contributed by atoms with E-state index in [1.807, 2.05) is 33.4 Å². The molecule has 1 aromatic heterocycles. The summed E-state index contributed by atoms with van der Waals surface area (Å²) in [5.41, 5.74) is 1.51. The van der Waals surface area contributed by atoms with Crippen molar-refractivity contribution >= 4 is 29.9 Å². The molecule has 1 fully saturated rings. The molecule has 2 unspecified atom stereocenters. The van der Waals surface area contributed by atoms with E-state index in [1.165, 1.54) is 17.8 Å². The highest BCUT2D eigenvalue weighted by molar-refractivity contribution is 14.0. The molecule has 2 atom stereocenters. The Bertz CT molecular complexity index is 879. The maximum atomic E-state index is 13.0. The number of guanidine groups is 1. The lowest BCUT2D eigenvalue weighted by molar-refractivity contribution is -0.137. The number of aliphatic imine (C=N–C) groups is 1. The van der Waals surface area contributed by atoms with Gasteiger partial charge < -0.3 is 14.8 Å². The predicted octanol–water partition coefficient (Wildman–Crippen LogP) is 4.75. The Kier molecular flexibility index (Phi) is 9.44. The third-order valence-corrected chi connectivity index (χ3v) is 6.13. The van der Waals surface area contributed by atoms with Gasteiger partial charge in [-0.2, -0.15) is 13.2 Å². The Morgan fingerprint density at radius 2 is 1.88 bits per heavy atom. The number of nitrogens with zero attached hydrogens (tertiary/aromatic N) is 4. The largest absolute Gasteiger partial charge is 0.416 e. The summed E-state index contributed by atoms with van der Waals surface area (Å²) in [6, 6.07) is 9.80. The maximum Gasteiger partial charge on any atom is 0.416 e. The van der Waals surface area contributed by atoms with Gasteiger partial charge in [0.25, 0.3) is 0 Å². The zero-order valence-corrected chi connectivity index (χ0v) is 21.4. The molecule has 9 heteroatoms. The minimum Gasteiger partial charge on any atom is -0.356 e. The van der Waals surface area contributed by atoms with Crippen LogP contribution in [0, 0.1) is 5.92 Å². The summed E-state index contributed by atoms with van der Waals surface area (Å²) in [6.07, 6.45) is -0.210. The lowest BCUT2D eigenvalue weighted by Crippen LogP contribution is -2.45. The van der Waals surface area contributed by atoms with Crippen LogP contribution in [-0.4, -0.2) is 54.6 Å². The molecule has 3 rings (SSSR count). The average Bonchev–Trinajstić information content (AvgIpc) is 3.12. The van der Waals surface area contributed by atoms with Gasteiger partial charge in [-0.15, -0.1) is 24.0 Å². The molecule has 0 aliphatic carbocycles. The van der Waals surface area contributed by atoms with Crippen molar-refractivity contribution in [3.63, 3.8) is 0 Å². The molecule has 1 aliphatic rings. The second kappa shape index (κ2) is 11.4. The van der Waals surface area contributed by atoms with Crippen molar-refractivity contribution < 1.29 is 13.2 Å². The summed E-state index contributed by atoms with van der Waals surface area (Å²) in [4.78, 5) is 8.74. The molecule has 0 radical (unpaired) electrons. The fraction of sp³-hybridized carbons (Fsp3) is 0.522. The summed E-state index contributed by atoms with van der Waals surface area (Å²) in [5, 5.41) is 3.49. The Morgan fingerprint density at radius 1 is 1.19 bits per heavy atom. The molecular weight excluding hydrogens is 530 g/mol. The van der Waals surface area contributed by atoms with Crippen LogP contribution in [-0.2, 0) is 19.8 Å². The number of piperidine rings is 1. The number of aromatic nitrogens is 1. The van der Waals surface area contributed by atoms with Crippen LogP contribution < -0.4 is 5.32 Å². The fourth-order valence-electron chi connectivity index (χ4n) is 4.46. The predicted molar refractivity (Wildman–Crippen MR) is 133 cm³/mol. The number of hydrogen-bond acceptors (Lipinski definition) is 2. The van der Waals surface area contributed by atoms with E-state index in [4.69, 9.17) is 0 Å². The van der Waals surface area contributed by atoms with Gasteiger partial charge in [-0.25, -0.2) is 0 Å². The highest BCUT2D eigenvalue weighted by Gasteiger charge is 2.33. The molecule has 2 heterocycles. The van der Waals surface area contributed by atoms with Crippen LogP contribution >= 0.6 is 24.0 Å². The summed E-state index contributed by atoms with van der Waals surface area (Å²) in [7, 11) is 7.84. The van der Waals surface area contributed by atoms with Crippen molar-refractivity contribution in [3.05, 3.63) is 59.4 Å². The monoisotopic (exact) mass is 563 g/mol. The van der Waals surface area contributed by atoms with E-state index in [2.05, 4.69) is 30.7 Å². The Morgan fingerprint density at radius 3 is 2.44 bits per heavy atom. The molecular formula is C23H33F3IN5. The van der Waals surface area contributed by atoms with Crippen molar-refractivity contribution in [2.45, 2.75) is 31.6 Å². The number of aryl methyl sites for hydroxylation is 1. The molecule has 1 N–H and O–H groups in total. The van der Waals surface area contributed by atoms with Crippen molar-refractivity contribution in [2.24, 2.45) is 18.0 Å². The molecule has 0 bridgehead atoms. The third kappa shape index (κ3) is 6.40. The SMILES string of the molecule is CN=C(NCC1CCCN(C)C1c1ccc(C(F)(F)F)cc1)N(C)Cc1cccn1C.I. The van der Waals surface area contributed by atoms with E-state index in [0.29, 0.717) is 6.54 Å². The number of likely N-dealkylation sites (tertiary alicyclic amines) is 1. The minimum atomic E-state index is -4.31. The van der Waals surface area contributed by atoms with Gasteiger partial charge in [-0.1, -0.05) is 12.1 Å². The summed E-state index contributed by atoms with van der Waals surface area (Å²) >= 11 is 0. The van der Waals surface area contributed by atoms with Gasteiger partial charge in [0, 0.05) is 45.6 Å². The van der Waals surface area contributed by atoms with Crippen molar-refractivity contribution in [3.8, 4) is 0 Å².